The number of benzene rings is 1. The molecule has 0 saturated heterocycles. The second kappa shape index (κ2) is 5.72. The maximum atomic E-state index is 11.9. The van der Waals surface area contributed by atoms with E-state index >= 15 is 0 Å². The third kappa shape index (κ3) is 2.95. The number of nitrogens with one attached hydrogen (secondary N) is 1. The van der Waals surface area contributed by atoms with Crippen LogP contribution in [-0.4, -0.2) is 10.8 Å². The van der Waals surface area contributed by atoms with Crippen LogP contribution in [0.4, 0.5) is 11.4 Å². The normalized spacial score (nSPS) is 10.3. The number of nitrogens with two attached hydrogens (primary N) is 1. The Morgan fingerprint density at radius 1 is 1.40 bits per heavy atom. The maximum Gasteiger partial charge on any atom is 0.291 e. The highest BCUT2D eigenvalue weighted by molar-refractivity contribution is 6.34. The molecule has 0 atom stereocenters. The van der Waals surface area contributed by atoms with Crippen molar-refractivity contribution < 1.29 is 14.1 Å². The number of non-ortho nitro benzene ring substituents is 1. The fraction of sp³-hybridized carbons (Fsp3) is 0.0833. The minimum absolute atomic E-state index is 0.0491. The van der Waals surface area contributed by atoms with Crippen molar-refractivity contribution in [3.8, 4) is 0 Å². The van der Waals surface area contributed by atoms with Gasteiger partial charge in [0.2, 0.25) is 0 Å². The molecule has 104 valence electrons. The van der Waals surface area contributed by atoms with Crippen molar-refractivity contribution in [3.63, 3.8) is 0 Å². The molecule has 0 fully saturated rings. The molecule has 0 spiro atoms. The molecule has 1 aromatic heterocycles. The minimum Gasteiger partial charge on any atom is -0.455 e. The number of halogens is 1. The molecule has 2 rings (SSSR count). The lowest BCUT2D eigenvalue weighted by atomic mass is 10.2. The molecule has 0 bridgehead atoms. The van der Waals surface area contributed by atoms with Gasteiger partial charge in [0, 0.05) is 12.1 Å². The van der Waals surface area contributed by atoms with Crippen LogP contribution in [0.5, 0.6) is 0 Å². The fourth-order valence-corrected chi connectivity index (χ4v) is 1.68. The van der Waals surface area contributed by atoms with Gasteiger partial charge >= 0.3 is 0 Å². The van der Waals surface area contributed by atoms with E-state index in [4.69, 9.17) is 21.8 Å². The van der Waals surface area contributed by atoms with E-state index < -0.39 is 10.8 Å². The number of anilines is 1. The molecule has 2 aromatic rings. The molecule has 1 amide bonds. The van der Waals surface area contributed by atoms with Gasteiger partial charge in [-0.25, -0.2) is 0 Å². The van der Waals surface area contributed by atoms with Crippen molar-refractivity contribution >= 4 is 28.9 Å². The Morgan fingerprint density at radius 2 is 2.15 bits per heavy atom. The molecule has 3 N–H and O–H groups in total. The molecule has 7 nitrogen and oxygen atoms in total. The lowest BCUT2D eigenvalue weighted by Gasteiger charge is -2.05. The Labute approximate surface area is 118 Å². The van der Waals surface area contributed by atoms with E-state index in [1.54, 1.807) is 6.07 Å². The van der Waals surface area contributed by atoms with E-state index in [9.17, 15) is 14.9 Å². The van der Waals surface area contributed by atoms with E-state index in [1.807, 2.05) is 0 Å². The Hall–Kier alpha value is -2.38. The molecule has 0 radical (unpaired) electrons. The molecule has 1 heterocycles. The zero-order valence-corrected chi connectivity index (χ0v) is 10.9. The van der Waals surface area contributed by atoms with Crippen LogP contribution in [0.25, 0.3) is 0 Å². The molecule has 0 aliphatic carbocycles. The summed E-state index contributed by atoms with van der Waals surface area (Å²) in [7, 11) is 0. The van der Waals surface area contributed by atoms with Crippen LogP contribution < -0.4 is 11.1 Å². The number of rotatable bonds is 4. The third-order valence-corrected chi connectivity index (χ3v) is 2.83. The van der Waals surface area contributed by atoms with Crippen molar-refractivity contribution in [3.05, 3.63) is 57.0 Å². The molecule has 8 heteroatoms. The monoisotopic (exact) mass is 295 g/mol. The van der Waals surface area contributed by atoms with E-state index in [0.29, 0.717) is 5.76 Å². The summed E-state index contributed by atoms with van der Waals surface area (Å²) in [5, 5.41) is 13.3. The topological polar surface area (TPSA) is 111 Å². The zero-order chi connectivity index (χ0) is 14.7. The van der Waals surface area contributed by atoms with Gasteiger partial charge in [0.25, 0.3) is 11.6 Å². The number of hydrogen-bond acceptors (Lipinski definition) is 5. The van der Waals surface area contributed by atoms with Gasteiger partial charge in [-0.1, -0.05) is 11.6 Å². The standard InChI is InChI=1S/C12H10ClN3O4/c13-9-3-1-7(16(18)19)5-10(9)15-12(17)11-4-2-8(6-14)20-11/h1-5H,6,14H2,(H,15,17). The SMILES string of the molecule is NCc1ccc(C(=O)Nc2cc([N+](=O)[O-])ccc2Cl)o1. The summed E-state index contributed by atoms with van der Waals surface area (Å²) in [6, 6.07) is 6.79. The first-order valence-electron chi connectivity index (χ1n) is 5.55. The van der Waals surface area contributed by atoms with Crippen LogP contribution in [0.3, 0.4) is 0 Å². The molecule has 0 aliphatic heterocycles. The van der Waals surface area contributed by atoms with Gasteiger partial charge in [-0.15, -0.1) is 0 Å². The summed E-state index contributed by atoms with van der Waals surface area (Å²) in [5.41, 5.74) is 5.33. The van der Waals surface area contributed by atoms with Crippen LogP contribution in [0.15, 0.2) is 34.7 Å². The second-order valence-electron chi connectivity index (χ2n) is 3.85. The number of hydrogen-bond donors (Lipinski definition) is 2. The highest BCUT2D eigenvalue weighted by Gasteiger charge is 2.15. The van der Waals surface area contributed by atoms with E-state index in [0.717, 1.165) is 0 Å². The van der Waals surface area contributed by atoms with Gasteiger partial charge in [0.05, 0.1) is 22.2 Å². The molecule has 0 saturated carbocycles. The third-order valence-electron chi connectivity index (χ3n) is 2.50. The number of carbonyl (C=O) groups is 1. The number of nitro benzene ring substituents is 1. The Bertz CT molecular complexity index is 668. The fourth-order valence-electron chi connectivity index (χ4n) is 1.52. The van der Waals surface area contributed by atoms with Gasteiger partial charge < -0.3 is 15.5 Å². The molecular weight excluding hydrogens is 286 g/mol. The summed E-state index contributed by atoms with van der Waals surface area (Å²) >= 11 is 5.88. The first-order valence-corrected chi connectivity index (χ1v) is 5.93. The Morgan fingerprint density at radius 3 is 2.75 bits per heavy atom. The summed E-state index contributed by atoms with van der Waals surface area (Å²) in [6.45, 7) is 0.171. The first-order chi connectivity index (χ1) is 9.51. The average Bonchev–Trinajstić information content (AvgIpc) is 2.89. The van der Waals surface area contributed by atoms with Crippen LogP contribution in [0.1, 0.15) is 16.3 Å². The van der Waals surface area contributed by atoms with Crippen molar-refractivity contribution in [2.45, 2.75) is 6.54 Å². The predicted molar refractivity (Wildman–Crippen MR) is 72.7 cm³/mol. The largest absolute Gasteiger partial charge is 0.455 e. The zero-order valence-electron chi connectivity index (χ0n) is 10.1. The molecule has 0 aliphatic rings. The number of nitrogens with zero attached hydrogens (tertiary/aromatic N) is 1. The van der Waals surface area contributed by atoms with Crippen molar-refractivity contribution in [1.82, 2.24) is 0 Å². The number of amides is 1. The van der Waals surface area contributed by atoms with Crippen LogP contribution in [0.2, 0.25) is 5.02 Å². The van der Waals surface area contributed by atoms with Crippen LogP contribution in [-0.2, 0) is 6.54 Å². The van der Waals surface area contributed by atoms with Crippen molar-refractivity contribution in [2.24, 2.45) is 5.73 Å². The van der Waals surface area contributed by atoms with Crippen molar-refractivity contribution in [2.75, 3.05) is 5.32 Å². The average molecular weight is 296 g/mol. The molecular formula is C12H10ClN3O4. The lowest BCUT2D eigenvalue weighted by Crippen LogP contribution is -2.11. The van der Waals surface area contributed by atoms with Crippen LogP contribution >= 0.6 is 11.6 Å². The van der Waals surface area contributed by atoms with E-state index in [1.165, 1.54) is 24.3 Å². The predicted octanol–water partition coefficient (Wildman–Crippen LogP) is 2.55. The summed E-state index contributed by atoms with van der Waals surface area (Å²) in [4.78, 5) is 22.0. The van der Waals surface area contributed by atoms with Gasteiger partial charge in [-0.3, -0.25) is 14.9 Å². The molecule has 20 heavy (non-hydrogen) atoms. The minimum atomic E-state index is -0.578. The summed E-state index contributed by atoms with van der Waals surface area (Å²) in [6.07, 6.45) is 0. The quantitative estimate of drug-likeness (QED) is 0.665. The van der Waals surface area contributed by atoms with E-state index in [2.05, 4.69) is 5.32 Å². The van der Waals surface area contributed by atoms with Gasteiger partial charge in [0.15, 0.2) is 5.76 Å². The maximum absolute atomic E-state index is 11.9. The van der Waals surface area contributed by atoms with Gasteiger partial charge in [-0.2, -0.15) is 0 Å². The number of nitro groups is 1. The van der Waals surface area contributed by atoms with Gasteiger partial charge in [-0.05, 0) is 18.2 Å². The van der Waals surface area contributed by atoms with Gasteiger partial charge in [0.1, 0.15) is 5.76 Å². The highest BCUT2D eigenvalue weighted by Crippen LogP contribution is 2.27. The number of furan rings is 1. The lowest BCUT2D eigenvalue weighted by molar-refractivity contribution is -0.384. The Balaban J connectivity index is 2.22. The van der Waals surface area contributed by atoms with E-state index in [-0.39, 0.29) is 28.7 Å². The number of carbonyl (C=O) groups excluding carboxylic acids is 1. The highest BCUT2D eigenvalue weighted by atomic mass is 35.5. The van der Waals surface area contributed by atoms with Crippen molar-refractivity contribution in [1.29, 1.82) is 0 Å². The summed E-state index contributed by atoms with van der Waals surface area (Å²) < 4.78 is 5.17. The smallest absolute Gasteiger partial charge is 0.291 e. The first kappa shape index (κ1) is 14.0. The molecule has 1 aromatic carbocycles. The second-order valence-corrected chi connectivity index (χ2v) is 4.25. The Kier molecular flexibility index (Phi) is 4.02. The van der Waals surface area contributed by atoms with Crippen LogP contribution in [0, 0.1) is 10.1 Å². The molecule has 0 unspecified atom stereocenters. The summed E-state index contributed by atoms with van der Waals surface area (Å²) in [5.74, 6) is -0.0552.